The number of nitrogens with zero attached hydrogens (tertiary/aromatic N) is 3. The molecule has 2 aliphatic rings. The van der Waals surface area contributed by atoms with Gasteiger partial charge >= 0.3 is 0 Å². The third-order valence-corrected chi connectivity index (χ3v) is 3.85. The predicted molar refractivity (Wildman–Crippen MR) is 64.8 cm³/mol. The summed E-state index contributed by atoms with van der Waals surface area (Å²) in [7, 11) is 2.12. The Balaban J connectivity index is 1.83. The molecule has 17 heavy (non-hydrogen) atoms. The van der Waals surface area contributed by atoms with Gasteiger partial charge in [0.1, 0.15) is 0 Å². The van der Waals surface area contributed by atoms with Crippen molar-refractivity contribution in [3.8, 4) is 0 Å². The third-order valence-electron chi connectivity index (χ3n) is 3.85. The van der Waals surface area contributed by atoms with Gasteiger partial charge in [0.05, 0.1) is 5.56 Å². The van der Waals surface area contributed by atoms with E-state index in [0.717, 1.165) is 30.8 Å². The van der Waals surface area contributed by atoms with E-state index in [4.69, 9.17) is 0 Å². The minimum Gasteiger partial charge on any atom is -0.330 e. The maximum Gasteiger partial charge on any atom is 0.256 e. The van der Waals surface area contributed by atoms with Crippen molar-refractivity contribution in [2.24, 2.45) is 0 Å². The molecule has 3 heterocycles. The number of likely N-dealkylation sites (N-methyl/N-ethyl adjacent to an activating group) is 1. The van der Waals surface area contributed by atoms with Crippen molar-refractivity contribution in [3.05, 3.63) is 29.6 Å². The van der Waals surface area contributed by atoms with Crippen LogP contribution in [0.3, 0.4) is 0 Å². The smallest absolute Gasteiger partial charge is 0.256 e. The second-order valence-electron chi connectivity index (χ2n) is 5.11. The van der Waals surface area contributed by atoms with Crippen molar-refractivity contribution >= 4 is 5.91 Å². The molecule has 0 aromatic carbocycles. The fraction of sp³-hybridized carbons (Fsp3) is 0.538. The topological polar surface area (TPSA) is 36.4 Å². The lowest BCUT2D eigenvalue weighted by Crippen LogP contribution is -2.69. The number of aryl methyl sites for hydroxylation is 1. The van der Waals surface area contributed by atoms with Gasteiger partial charge in [0.15, 0.2) is 0 Å². The van der Waals surface area contributed by atoms with Crippen LogP contribution in [0, 0.1) is 6.92 Å². The van der Waals surface area contributed by atoms with Gasteiger partial charge in [0, 0.05) is 37.1 Å². The Morgan fingerprint density at radius 2 is 2.12 bits per heavy atom. The van der Waals surface area contributed by atoms with Crippen LogP contribution >= 0.6 is 0 Å². The number of hydrogen-bond acceptors (Lipinski definition) is 3. The van der Waals surface area contributed by atoms with Crippen LogP contribution in [0.5, 0.6) is 0 Å². The summed E-state index contributed by atoms with van der Waals surface area (Å²) in [6.07, 6.45) is 2.90. The van der Waals surface area contributed by atoms with E-state index in [1.54, 1.807) is 6.20 Å². The van der Waals surface area contributed by atoms with Crippen molar-refractivity contribution in [3.63, 3.8) is 0 Å². The fourth-order valence-electron chi connectivity index (χ4n) is 3.00. The molecule has 2 bridgehead atoms. The molecule has 2 saturated heterocycles. The summed E-state index contributed by atoms with van der Waals surface area (Å²) in [6, 6.07) is 4.53. The van der Waals surface area contributed by atoms with Gasteiger partial charge in [0.2, 0.25) is 0 Å². The molecule has 0 radical (unpaired) electrons. The van der Waals surface area contributed by atoms with Crippen LogP contribution in [-0.2, 0) is 0 Å². The van der Waals surface area contributed by atoms with E-state index in [9.17, 15) is 4.79 Å². The number of hydrogen-bond donors (Lipinski definition) is 0. The van der Waals surface area contributed by atoms with Crippen LogP contribution in [0.4, 0.5) is 0 Å². The molecule has 0 aliphatic carbocycles. The Morgan fingerprint density at radius 3 is 2.76 bits per heavy atom. The zero-order valence-electron chi connectivity index (χ0n) is 10.3. The van der Waals surface area contributed by atoms with E-state index in [1.807, 2.05) is 24.0 Å². The summed E-state index contributed by atoms with van der Waals surface area (Å²) < 4.78 is 0. The number of piperidine rings is 1. The average Bonchev–Trinajstić information content (AvgIpc) is 2.28. The molecule has 90 valence electrons. The number of piperazine rings is 1. The van der Waals surface area contributed by atoms with Crippen LogP contribution in [0.2, 0.25) is 0 Å². The first-order valence-corrected chi connectivity index (χ1v) is 6.09. The molecule has 4 heteroatoms. The Labute approximate surface area is 101 Å². The minimum absolute atomic E-state index is 0.157. The molecule has 1 aromatic heterocycles. The molecule has 1 aromatic rings. The Hall–Kier alpha value is -1.42. The van der Waals surface area contributed by atoms with E-state index >= 15 is 0 Å². The number of pyridine rings is 1. The summed E-state index contributed by atoms with van der Waals surface area (Å²) in [5.41, 5.74) is 1.59. The Kier molecular flexibility index (Phi) is 2.40. The molecular weight excluding hydrogens is 214 g/mol. The molecule has 0 saturated carbocycles. The van der Waals surface area contributed by atoms with Gasteiger partial charge in [-0.2, -0.15) is 0 Å². The number of aromatic nitrogens is 1. The number of carbonyl (C=O) groups excluding carboxylic acids is 1. The van der Waals surface area contributed by atoms with Crippen LogP contribution in [-0.4, -0.2) is 52.9 Å². The van der Waals surface area contributed by atoms with Crippen LogP contribution in [0.25, 0.3) is 0 Å². The van der Waals surface area contributed by atoms with Crippen molar-refractivity contribution in [2.45, 2.75) is 25.4 Å². The zero-order valence-corrected chi connectivity index (χ0v) is 10.3. The summed E-state index contributed by atoms with van der Waals surface area (Å²) in [6.45, 7) is 3.90. The van der Waals surface area contributed by atoms with Gasteiger partial charge < -0.3 is 9.80 Å². The van der Waals surface area contributed by atoms with Gasteiger partial charge in [-0.3, -0.25) is 9.78 Å². The van der Waals surface area contributed by atoms with Crippen LogP contribution in [0.1, 0.15) is 22.5 Å². The lowest BCUT2D eigenvalue weighted by atomic mass is 9.87. The molecule has 0 N–H and O–H groups in total. The van der Waals surface area contributed by atoms with Gasteiger partial charge in [-0.15, -0.1) is 0 Å². The highest BCUT2D eigenvalue weighted by atomic mass is 16.2. The molecule has 4 nitrogen and oxygen atoms in total. The quantitative estimate of drug-likeness (QED) is 0.721. The maximum atomic E-state index is 12.4. The maximum absolute atomic E-state index is 12.4. The van der Waals surface area contributed by atoms with Crippen molar-refractivity contribution in [2.75, 3.05) is 20.1 Å². The number of rotatable bonds is 1. The van der Waals surface area contributed by atoms with Gasteiger partial charge in [-0.05, 0) is 32.5 Å². The third kappa shape index (κ3) is 1.63. The van der Waals surface area contributed by atoms with E-state index in [0.29, 0.717) is 12.1 Å². The molecular formula is C13H17N3O. The van der Waals surface area contributed by atoms with Crippen molar-refractivity contribution < 1.29 is 4.79 Å². The van der Waals surface area contributed by atoms with Crippen molar-refractivity contribution in [1.82, 2.24) is 14.8 Å². The molecule has 2 atom stereocenters. The number of likely N-dealkylation sites (tertiary alicyclic amines) is 2. The first-order valence-electron chi connectivity index (χ1n) is 6.09. The lowest BCUT2D eigenvalue weighted by molar-refractivity contribution is -0.0397. The van der Waals surface area contributed by atoms with Crippen molar-refractivity contribution in [1.29, 1.82) is 0 Å². The molecule has 3 rings (SSSR count). The largest absolute Gasteiger partial charge is 0.330 e. The Bertz CT molecular complexity index is 448. The molecule has 2 fully saturated rings. The van der Waals surface area contributed by atoms with E-state index in [-0.39, 0.29) is 5.91 Å². The summed E-state index contributed by atoms with van der Waals surface area (Å²) >= 11 is 0. The zero-order chi connectivity index (χ0) is 12.0. The predicted octanol–water partition coefficient (Wildman–Crippen LogP) is 0.919. The monoisotopic (exact) mass is 231 g/mol. The standard InChI is InChI=1S/C13H17N3O/c1-9-12(4-3-5-14-9)13(17)16-10-6-11(16)8-15(2)7-10/h3-5,10-11H,6-8H2,1-2H3. The number of amides is 1. The van der Waals surface area contributed by atoms with Crippen LogP contribution < -0.4 is 0 Å². The van der Waals surface area contributed by atoms with Gasteiger partial charge in [0.25, 0.3) is 5.91 Å². The fourth-order valence-corrected chi connectivity index (χ4v) is 3.00. The SMILES string of the molecule is Cc1ncccc1C(=O)N1C2CC1CN(C)C2. The van der Waals surface area contributed by atoms with E-state index < -0.39 is 0 Å². The highest BCUT2D eigenvalue weighted by Gasteiger charge is 2.46. The first-order chi connectivity index (χ1) is 8.16. The van der Waals surface area contributed by atoms with Crippen LogP contribution in [0.15, 0.2) is 18.3 Å². The highest BCUT2D eigenvalue weighted by molar-refractivity contribution is 5.96. The molecule has 2 aliphatic heterocycles. The average molecular weight is 231 g/mol. The second-order valence-corrected chi connectivity index (χ2v) is 5.11. The molecule has 1 amide bonds. The first kappa shape index (κ1) is 10.7. The Morgan fingerprint density at radius 1 is 1.41 bits per heavy atom. The van der Waals surface area contributed by atoms with Gasteiger partial charge in [-0.1, -0.05) is 0 Å². The second kappa shape index (κ2) is 3.81. The molecule has 0 spiro atoms. The van der Waals surface area contributed by atoms with E-state index in [2.05, 4.69) is 16.9 Å². The lowest BCUT2D eigenvalue weighted by Gasteiger charge is -2.55. The summed E-state index contributed by atoms with van der Waals surface area (Å²) in [4.78, 5) is 21.0. The normalized spacial score (nSPS) is 27.8. The van der Waals surface area contributed by atoms with E-state index in [1.165, 1.54) is 0 Å². The van der Waals surface area contributed by atoms with Gasteiger partial charge in [-0.25, -0.2) is 0 Å². The minimum atomic E-state index is 0.157. The summed E-state index contributed by atoms with van der Waals surface area (Å²) in [5.74, 6) is 0.157. The highest BCUT2D eigenvalue weighted by Crippen LogP contribution is 2.33. The summed E-state index contributed by atoms with van der Waals surface area (Å²) in [5, 5.41) is 0. The number of carbonyl (C=O) groups is 1. The number of fused-ring (bicyclic) bond motifs is 2. The molecule has 2 unspecified atom stereocenters.